The van der Waals surface area contributed by atoms with Gasteiger partial charge in [-0.3, -0.25) is 4.79 Å². The Morgan fingerprint density at radius 1 is 1.06 bits per heavy atom. The number of carbonyl (C=O) groups excluding carboxylic acids is 1. The van der Waals surface area contributed by atoms with Crippen molar-refractivity contribution >= 4 is 16.9 Å². The van der Waals surface area contributed by atoms with Gasteiger partial charge >= 0.3 is 0 Å². The highest BCUT2D eigenvalue weighted by Crippen LogP contribution is 2.32. The van der Waals surface area contributed by atoms with E-state index in [0.717, 1.165) is 41.5 Å². The molecule has 0 radical (unpaired) electrons. The summed E-state index contributed by atoms with van der Waals surface area (Å²) < 4.78 is 15.7. The van der Waals surface area contributed by atoms with Gasteiger partial charge in [0.1, 0.15) is 17.2 Å². The Hall–Kier alpha value is -3.54. The molecule has 0 aliphatic heterocycles. The molecule has 5 rings (SSSR count). The van der Waals surface area contributed by atoms with Gasteiger partial charge in [0.05, 0.1) is 11.1 Å². The van der Waals surface area contributed by atoms with E-state index < -0.39 is 0 Å². The number of hydrogen-bond donors (Lipinski definition) is 1. The standard InChI is InChI=1S/C27H27FN4O/c1-17-9-6-7-14-22(17)30-27(33)23-15-18(2)24-25(19-10-4-3-5-11-19)31-32(26(24)29-23)21-13-8-12-20(28)16-21/h3-5,8,10-13,15-17,22H,6-7,9,14H2,1-2H3,(H,30,33)/t17-,22+/m0/s1. The maximum absolute atomic E-state index is 14.0. The zero-order chi connectivity index (χ0) is 22.9. The van der Waals surface area contributed by atoms with E-state index in [9.17, 15) is 9.18 Å². The second-order valence-corrected chi connectivity index (χ2v) is 8.97. The van der Waals surface area contributed by atoms with Crippen molar-refractivity contribution in [2.75, 3.05) is 0 Å². The number of hydrogen-bond acceptors (Lipinski definition) is 3. The first-order valence-electron chi connectivity index (χ1n) is 11.5. The van der Waals surface area contributed by atoms with Crippen molar-refractivity contribution in [3.05, 3.63) is 77.7 Å². The van der Waals surface area contributed by atoms with Crippen molar-refractivity contribution in [3.8, 4) is 16.9 Å². The second-order valence-electron chi connectivity index (χ2n) is 8.97. The Balaban J connectivity index is 1.64. The lowest BCUT2D eigenvalue weighted by atomic mass is 9.86. The Labute approximate surface area is 192 Å². The van der Waals surface area contributed by atoms with Crippen LogP contribution in [0.1, 0.15) is 48.7 Å². The van der Waals surface area contributed by atoms with Crippen molar-refractivity contribution in [1.29, 1.82) is 0 Å². The van der Waals surface area contributed by atoms with Crippen LogP contribution >= 0.6 is 0 Å². The molecule has 0 spiro atoms. The number of amides is 1. The Morgan fingerprint density at radius 3 is 2.61 bits per heavy atom. The van der Waals surface area contributed by atoms with Crippen molar-refractivity contribution in [2.45, 2.75) is 45.6 Å². The maximum Gasteiger partial charge on any atom is 0.270 e. The molecule has 0 unspecified atom stereocenters. The molecule has 168 valence electrons. The number of benzene rings is 2. The first-order valence-corrected chi connectivity index (χ1v) is 11.5. The Morgan fingerprint density at radius 2 is 1.85 bits per heavy atom. The van der Waals surface area contributed by atoms with Crippen LogP contribution in [0.5, 0.6) is 0 Å². The van der Waals surface area contributed by atoms with Crippen LogP contribution in [0.3, 0.4) is 0 Å². The van der Waals surface area contributed by atoms with Gasteiger partial charge in [0, 0.05) is 11.6 Å². The third kappa shape index (κ3) is 4.13. The molecule has 0 saturated heterocycles. The highest BCUT2D eigenvalue weighted by atomic mass is 19.1. The van der Waals surface area contributed by atoms with Gasteiger partial charge in [-0.1, -0.05) is 56.2 Å². The summed E-state index contributed by atoms with van der Waals surface area (Å²) >= 11 is 0. The average Bonchev–Trinajstić information content (AvgIpc) is 3.21. The molecule has 6 heteroatoms. The van der Waals surface area contributed by atoms with E-state index >= 15 is 0 Å². The molecule has 2 atom stereocenters. The normalized spacial score (nSPS) is 18.4. The van der Waals surface area contributed by atoms with Crippen LogP contribution in [0.25, 0.3) is 28.0 Å². The molecule has 33 heavy (non-hydrogen) atoms. The van der Waals surface area contributed by atoms with Crippen molar-refractivity contribution in [2.24, 2.45) is 5.92 Å². The molecule has 4 aromatic rings. The molecule has 2 aromatic heterocycles. The molecule has 2 heterocycles. The first kappa shape index (κ1) is 21.3. The minimum Gasteiger partial charge on any atom is -0.348 e. The maximum atomic E-state index is 14.0. The largest absolute Gasteiger partial charge is 0.348 e. The van der Waals surface area contributed by atoms with E-state index in [1.165, 1.54) is 18.6 Å². The SMILES string of the molecule is Cc1cc(C(=O)N[C@@H]2CCCC[C@@H]2C)nc2c1c(-c1ccccc1)nn2-c1cccc(F)c1. The minimum atomic E-state index is -0.352. The number of aryl methyl sites for hydroxylation is 1. The number of halogens is 1. The number of nitrogens with zero attached hydrogens (tertiary/aromatic N) is 3. The van der Waals surface area contributed by atoms with Gasteiger partial charge in [0.15, 0.2) is 5.65 Å². The molecule has 1 fully saturated rings. The molecule has 5 nitrogen and oxygen atoms in total. The quantitative estimate of drug-likeness (QED) is 0.432. The Bertz CT molecular complexity index is 1310. The van der Waals surface area contributed by atoms with Crippen molar-refractivity contribution in [3.63, 3.8) is 0 Å². The predicted octanol–water partition coefficient (Wildman–Crippen LogP) is 5.84. The van der Waals surface area contributed by atoms with Crippen LogP contribution in [0, 0.1) is 18.7 Å². The van der Waals surface area contributed by atoms with Crippen LogP contribution in [0.2, 0.25) is 0 Å². The fraction of sp³-hybridized carbons (Fsp3) is 0.296. The molecule has 0 bridgehead atoms. The molecular formula is C27H27FN4O. The lowest BCUT2D eigenvalue weighted by Crippen LogP contribution is -2.41. The summed E-state index contributed by atoms with van der Waals surface area (Å²) in [7, 11) is 0. The lowest BCUT2D eigenvalue weighted by molar-refractivity contribution is 0.0905. The Kier molecular flexibility index (Phi) is 5.67. The first-order chi connectivity index (χ1) is 16.0. The zero-order valence-electron chi connectivity index (χ0n) is 18.9. The molecule has 1 N–H and O–H groups in total. The number of rotatable bonds is 4. The molecule has 1 aliphatic carbocycles. The van der Waals surface area contributed by atoms with E-state index in [0.29, 0.717) is 22.9 Å². The van der Waals surface area contributed by atoms with Gasteiger partial charge in [0.25, 0.3) is 5.91 Å². The summed E-state index contributed by atoms with van der Waals surface area (Å²) in [4.78, 5) is 17.9. The predicted molar refractivity (Wildman–Crippen MR) is 128 cm³/mol. The van der Waals surface area contributed by atoms with Crippen LogP contribution < -0.4 is 5.32 Å². The summed E-state index contributed by atoms with van der Waals surface area (Å²) in [5.41, 5.74) is 4.07. The van der Waals surface area contributed by atoms with Crippen LogP contribution in [0.15, 0.2) is 60.7 Å². The third-order valence-corrected chi connectivity index (χ3v) is 6.60. The summed E-state index contributed by atoms with van der Waals surface area (Å²) in [5.74, 6) is -0.0728. The number of pyridine rings is 1. The van der Waals surface area contributed by atoms with Gasteiger partial charge in [-0.05, 0) is 55.5 Å². The molecular weight excluding hydrogens is 415 g/mol. The van der Waals surface area contributed by atoms with Crippen LogP contribution in [-0.2, 0) is 0 Å². The van der Waals surface area contributed by atoms with Crippen molar-refractivity contribution < 1.29 is 9.18 Å². The number of fused-ring (bicyclic) bond motifs is 1. The van der Waals surface area contributed by atoms with Gasteiger partial charge < -0.3 is 5.32 Å². The third-order valence-electron chi connectivity index (χ3n) is 6.60. The van der Waals surface area contributed by atoms with E-state index in [-0.39, 0.29) is 17.8 Å². The van der Waals surface area contributed by atoms with Crippen molar-refractivity contribution in [1.82, 2.24) is 20.1 Å². The highest BCUT2D eigenvalue weighted by Gasteiger charge is 2.25. The van der Waals surface area contributed by atoms with E-state index in [2.05, 4.69) is 12.2 Å². The minimum absolute atomic E-state index is 0.164. The lowest BCUT2D eigenvalue weighted by Gasteiger charge is -2.29. The molecule has 1 amide bonds. The highest BCUT2D eigenvalue weighted by molar-refractivity contribution is 5.99. The second kappa shape index (κ2) is 8.77. The zero-order valence-corrected chi connectivity index (χ0v) is 18.9. The summed E-state index contributed by atoms with van der Waals surface area (Å²) in [6, 6.07) is 18.1. The summed E-state index contributed by atoms with van der Waals surface area (Å²) in [6.07, 6.45) is 4.47. The molecule has 1 aliphatic rings. The smallest absolute Gasteiger partial charge is 0.270 e. The molecule has 2 aromatic carbocycles. The summed E-state index contributed by atoms with van der Waals surface area (Å²) in [5, 5.41) is 8.86. The van der Waals surface area contributed by atoms with E-state index in [1.807, 2.05) is 43.3 Å². The summed E-state index contributed by atoms with van der Waals surface area (Å²) in [6.45, 7) is 4.16. The topological polar surface area (TPSA) is 59.8 Å². The van der Waals surface area contributed by atoms with Gasteiger partial charge in [-0.15, -0.1) is 0 Å². The van der Waals surface area contributed by atoms with Crippen LogP contribution in [-0.4, -0.2) is 26.7 Å². The fourth-order valence-corrected chi connectivity index (χ4v) is 4.77. The fourth-order valence-electron chi connectivity index (χ4n) is 4.77. The number of aromatic nitrogens is 3. The number of nitrogens with one attached hydrogen (secondary N) is 1. The van der Waals surface area contributed by atoms with E-state index in [1.54, 1.807) is 16.8 Å². The van der Waals surface area contributed by atoms with Gasteiger partial charge in [-0.2, -0.15) is 5.10 Å². The molecule has 1 saturated carbocycles. The van der Waals surface area contributed by atoms with Crippen LogP contribution in [0.4, 0.5) is 4.39 Å². The van der Waals surface area contributed by atoms with E-state index in [4.69, 9.17) is 10.1 Å². The average molecular weight is 443 g/mol. The number of carbonyl (C=O) groups is 1. The monoisotopic (exact) mass is 442 g/mol. The van der Waals surface area contributed by atoms with Gasteiger partial charge in [0.2, 0.25) is 0 Å². The van der Waals surface area contributed by atoms with Gasteiger partial charge in [-0.25, -0.2) is 14.1 Å².